The van der Waals surface area contributed by atoms with E-state index in [-0.39, 0.29) is 17.1 Å². The Morgan fingerprint density at radius 3 is 2.32 bits per heavy atom. The lowest BCUT2D eigenvalue weighted by Crippen LogP contribution is -2.10. The van der Waals surface area contributed by atoms with Gasteiger partial charge < -0.3 is 9.84 Å². The van der Waals surface area contributed by atoms with E-state index in [1.54, 1.807) is 6.07 Å². The first-order chi connectivity index (χ1) is 21.2. The Balaban J connectivity index is 1.42. The summed E-state index contributed by atoms with van der Waals surface area (Å²) in [7, 11) is 0. The molecule has 0 amide bonds. The topological polar surface area (TPSA) is 60.2 Å². The Morgan fingerprint density at radius 1 is 0.727 bits per heavy atom. The molecule has 3 aromatic heterocycles. The van der Waals surface area contributed by atoms with Crippen LogP contribution in [0.3, 0.4) is 0 Å². The maximum atomic E-state index is 10.6. The Kier molecular flexibility index (Phi) is 6.62. The molecule has 0 spiro atoms. The first-order valence-corrected chi connectivity index (χ1v) is 15.1. The molecular formula is C39H35N3O2. The number of rotatable bonds is 5. The lowest BCUT2D eigenvalue weighted by atomic mass is 9.86. The van der Waals surface area contributed by atoms with Crippen LogP contribution in [-0.2, 0) is 5.41 Å². The van der Waals surface area contributed by atoms with E-state index < -0.39 is 0 Å². The minimum atomic E-state index is 0.0125. The fraction of sp³-hybridized carbons (Fsp3) is 0.179. The number of nitrogens with zero attached hydrogens (tertiary/aromatic N) is 3. The van der Waals surface area contributed by atoms with Crippen molar-refractivity contribution in [2.24, 2.45) is 0 Å². The summed E-state index contributed by atoms with van der Waals surface area (Å²) in [6.07, 6.45) is 1.87. The molecule has 0 aliphatic heterocycles. The molecule has 0 saturated carbocycles. The standard InChI is InChI=1S/C39H35N3O2/c1-24(2)31-23-37(41-38-30(31)12-9-13-35(38)43)44-28-15-16-29-32-21-27(39(3,4)5)14-17-33(32)42(34(29)22-28)36-20-26(18-19-40-36)25-10-7-6-8-11-25/h6-24,43H,1-5H3. The fourth-order valence-electron chi connectivity index (χ4n) is 6.01. The van der Waals surface area contributed by atoms with Gasteiger partial charge in [-0.1, -0.05) is 83.1 Å². The van der Waals surface area contributed by atoms with Crippen LogP contribution in [-0.4, -0.2) is 19.6 Å². The van der Waals surface area contributed by atoms with Gasteiger partial charge >= 0.3 is 0 Å². The van der Waals surface area contributed by atoms with Crippen molar-refractivity contribution in [3.05, 3.63) is 120 Å². The summed E-state index contributed by atoms with van der Waals surface area (Å²) in [5.41, 5.74) is 7.23. The lowest BCUT2D eigenvalue weighted by molar-refractivity contribution is 0.459. The third-order valence-electron chi connectivity index (χ3n) is 8.36. The third kappa shape index (κ3) is 4.84. The largest absolute Gasteiger partial charge is 0.506 e. The van der Waals surface area contributed by atoms with E-state index >= 15 is 0 Å². The van der Waals surface area contributed by atoms with E-state index in [1.165, 1.54) is 10.9 Å². The quantitative estimate of drug-likeness (QED) is 0.221. The zero-order chi connectivity index (χ0) is 30.6. The molecule has 5 heteroatoms. The van der Waals surface area contributed by atoms with Gasteiger partial charge in [0.1, 0.15) is 22.8 Å². The van der Waals surface area contributed by atoms with E-state index in [1.807, 2.05) is 42.6 Å². The minimum Gasteiger partial charge on any atom is -0.506 e. The van der Waals surface area contributed by atoms with E-state index in [4.69, 9.17) is 14.7 Å². The smallest absolute Gasteiger partial charge is 0.220 e. The van der Waals surface area contributed by atoms with Gasteiger partial charge in [0.25, 0.3) is 0 Å². The Hall–Kier alpha value is -5.16. The number of ether oxygens (including phenoxy) is 1. The van der Waals surface area contributed by atoms with Crippen molar-refractivity contribution in [1.29, 1.82) is 0 Å². The molecule has 218 valence electrons. The summed E-state index contributed by atoms with van der Waals surface area (Å²) in [6.45, 7) is 11.0. The Labute approximate surface area is 257 Å². The van der Waals surface area contributed by atoms with Gasteiger partial charge in [-0.05, 0) is 76.1 Å². The zero-order valence-electron chi connectivity index (χ0n) is 25.7. The van der Waals surface area contributed by atoms with Crippen LogP contribution in [0.2, 0.25) is 0 Å². The maximum absolute atomic E-state index is 10.6. The molecule has 7 rings (SSSR count). The van der Waals surface area contributed by atoms with Gasteiger partial charge in [0.15, 0.2) is 0 Å². The fourth-order valence-corrected chi connectivity index (χ4v) is 6.01. The van der Waals surface area contributed by atoms with Gasteiger partial charge in [-0.2, -0.15) is 0 Å². The second-order valence-corrected chi connectivity index (χ2v) is 12.7. The third-order valence-corrected chi connectivity index (χ3v) is 8.36. The molecule has 1 N–H and O–H groups in total. The molecule has 0 fully saturated rings. The molecule has 0 atom stereocenters. The summed E-state index contributed by atoms with van der Waals surface area (Å²) in [4.78, 5) is 9.56. The van der Waals surface area contributed by atoms with Gasteiger partial charge in [-0.15, -0.1) is 0 Å². The van der Waals surface area contributed by atoms with Crippen molar-refractivity contribution < 1.29 is 9.84 Å². The molecule has 7 aromatic rings. The number of phenolic OH excluding ortho intramolecular Hbond substituents is 1. The molecule has 0 radical (unpaired) electrons. The molecule has 0 aliphatic carbocycles. The van der Waals surface area contributed by atoms with E-state index in [2.05, 4.69) is 99.8 Å². The summed E-state index contributed by atoms with van der Waals surface area (Å²) < 4.78 is 8.66. The SMILES string of the molecule is CC(C)c1cc(Oc2ccc3c4cc(C(C)(C)C)ccc4n(-c4cc(-c5ccccc5)ccn4)c3c2)nc2c(O)cccc12. The summed E-state index contributed by atoms with van der Waals surface area (Å²) in [6, 6.07) is 35.0. The highest BCUT2D eigenvalue weighted by Crippen LogP contribution is 2.39. The number of pyridine rings is 2. The second kappa shape index (κ2) is 10.5. The van der Waals surface area contributed by atoms with Crippen molar-refractivity contribution in [3.8, 4) is 34.3 Å². The second-order valence-electron chi connectivity index (χ2n) is 12.7. The van der Waals surface area contributed by atoms with Crippen molar-refractivity contribution in [3.63, 3.8) is 0 Å². The number of aromatic hydroxyl groups is 1. The average Bonchev–Trinajstić information content (AvgIpc) is 3.34. The first-order valence-electron chi connectivity index (χ1n) is 15.1. The molecule has 4 aromatic carbocycles. The molecule has 44 heavy (non-hydrogen) atoms. The number of aromatic nitrogens is 3. The summed E-state index contributed by atoms with van der Waals surface area (Å²) in [5, 5.41) is 13.8. The zero-order valence-corrected chi connectivity index (χ0v) is 25.7. The first kappa shape index (κ1) is 27.7. The van der Waals surface area contributed by atoms with Crippen molar-refractivity contribution >= 4 is 32.7 Å². The van der Waals surface area contributed by atoms with Gasteiger partial charge in [0.05, 0.1) is 11.0 Å². The monoisotopic (exact) mass is 577 g/mol. The van der Waals surface area contributed by atoms with Crippen LogP contribution in [0, 0.1) is 0 Å². The lowest BCUT2D eigenvalue weighted by Gasteiger charge is -2.19. The van der Waals surface area contributed by atoms with Crippen LogP contribution < -0.4 is 4.74 Å². The molecule has 3 heterocycles. The minimum absolute atomic E-state index is 0.0125. The van der Waals surface area contributed by atoms with Crippen LogP contribution in [0.25, 0.3) is 49.7 Å². The molecule has 0 bridgehead atoms. The highest BCUT2D eigenvalue weighted by Gasteiger charge is 2.20. The van der Waals surface area contributed by atoms with Gasteiger partial charge in [-0.25, -0.2) is 9.97 Å². The molecular weight excluding hydrogens is 542 g/mol. The Bertz CT molecular complexity index is 2170. The average molecular weight is 578 g/mol. The molecule has 0 saturated heterocycles. The van der Waals surface area contributed by atoms with Crippen LogP contribution >= 0.6 is 0 Å². The normalized spacial score (nSPS) is 12.0. The van der Waals surface area contributed by atoms with Crippen LogP contribution in [0.1, 0.15) is 51.7 Å². The molecule has 0 unspecified atom stereocenters. The number of fused-ring (bicyclic) bond motifs is 4. The highest BCUT2D eigenvalue weighted by atomic mass is 16.5. The Morgan fingerprint density at radius 2 is 1.55 bits per heavy atom. The molecule has 0 aliphatic rings. The van der Waals surface area contributed by atoms with E-state index in [9.17, 15) is 5.11 Å². The number of hydrogen-bond donors (Lipinski definition) is 1. The summed E-state index contributed by atoms with van der Waals surface area (Å²) in [5.74, 6) is 2.32. The highest BCUT2D eigenvalue weighted by molar-refractivity contribution is 6.10. The van der Waals surface area contributed by atoms with Crippen LogP contribution in [0.15, 0.2) is 109 Å². The van der Waals surface area contributed by atoms with Crippen LogP contribution in [0.5, 0.6) is 17.4 Å². The number of para-hydroxylation sites is 1. The van der Waals surface area contributed by atoms with E-state index in [0.717, 1.165) is 44.3 Å². The van der Waals surface area contributed by atoms with Gasteiger partial charge in [0.2, 0.25) is 5.88 Å². The molecule has 5 nitrogen and oxygen atoms in total. The number of hydrogen-bond acceptors (Lipinski definition) is 4. The van der Waals surface area contributed by atoms with Gasteiger partial charge in [0, 0.05) is 34.5 Å². The van der Waals surface area contributed by atoms with Crippen molar-refractivity contribution in [1.82, 2.24) is 14.5 Å². The summed E-state index contributed by atoms with van der Waals surface area (Å²) >= 11 is 0. The predicted octanol–water partition coefficient (Wildman–Crippen LogP) is 10.3. The van der Waals surface area contributed by atoms with Crippen molar-refractivity contribution in [2.45, 2.75) is 46.0 Å². The van der Waals surface area contributed by atoms with Crippen molar-refractivity contribution in [2.75, 3.05) is 0 Å². The number of benzene rings is 4. The van der Waals surface area contributed by atoms with Gasteiger partial charge in [-0.3, -0.25) is 4.57 Å². The predicted molar refractivity (Wildman–Crippen MR) is 180 cm³/mol. The van der Waals surface area contributed by atoms with Crippen LogP contribution in [0.4, 0.5) is 0 Å². The maximum Gasteiger partial charge on any atom is 0.220 e. The number of phenols is 1. The van der Waals surface area contributed by atoms with E-state index in [0.29, 0.717) is 17.1 Å².